The van der Waals surface area contributed by atoms with Crippen molar-refractivity contribution >= 4 is 22.5 Å². The number of hydrogen-bond donors (Lipinski definition) is 4. The zero-order valence-corrected chi connectivity index (χ0v) is 21.4. The molecule has 1 spiro atoms. The van der Waals surface area contributed by atoms with Crippen LogP contribution in [0.5, 0.6) is 0 Å². The van der Waals surface area contributed by atoms with Crippen molar-refractivity contribution in [3.63, 3.8) is 0 Å². The highest BCUT2D eigenvalue weighted by Crippen LogP contribution is 2.53. The highest BCUT2D eigenvalue weighted by atomic mass is 19.1. The fourth-order valence-electron chi connectivity index (χ4n) is 5.78. The van der Waals surface area contributed by atoms with E-state index in [-0.39, 0.29) is 5.82 Å². The summed E-state index contributed by atoms with van der Waals surface area (Å²) >= 11 is 0. The van der Waals surface area contributed by atoms with Crippen molar-refractivity contribution in [2.75, 3.05) is 31.5 Å². The van der Waals surface area contributed by atoms with Gasteiger partial charge in [-0.1, -0.05) is 24.3 Å². The van der Waals surface area contributed by atoms with Gasteiger partial charge in [-0.3, -0.25) is 4.90 Å². The van der Waals surface area contributed by atoms with Crippen LogP contribution in [0.2, 0.25) is 0 Å². The number of aliphatic hydroxyl groups is 2. The van der Waals surface area contributed by atoms with Crippen LogP contribution in [0.15, 0.2) is 61.1 Å². The predicted molar refractivity (Wildman–Crippen MR) is 145 cm³/mol. The summed E-state index contributed by atoms with van der Waals surface area (Å²) in [6.07, 6.45) is 1.99. The third-order valence-electron chi connectivity index (χ3n) is 8.12. The fourth-order valence-corrected chi connectivity index (χ4v) is 5.78. The van der Waals surface area contributed by atoms with Crippen molar-refractivity contribution in [3.05, 3.63) is 72.4 Å². The van der Waals surface area contributed by atoms with E-state index in [1.54, 1.807) is 16.7 Å². The number of nitrogens with zero attached hydrogens (tertiary/aromatic N) is 4. The minimum absolute atomic E-state index is 0.318. The molecule has 2 aromatic heterocycles. The summed E-state index contributed by atoms with van der Waals surface area (Å²) in [6, 6.07) is 14.6. The number of rotatable bonds is 6. The molecule has 3 aliphatic rings. The van der Waals surface area contributed by atoms with Crippen LogP contribution in [0.25, 0.3) is 22.2 Å². The van der Waals surface area contributed by atoms with Crippen LogP contribution >= 0.6 is 0 Å². The predicted octanol–water partition coefficient (Wildman–Crippen LogP) is 3.17. The Morgan fingerprint density at radius 3 is 2.46 bits per heavy atom. The van der Waals surface area contributed by atoms with E-state index in [0.29, 0.717) is 30.0 Å². The zero-order chi connectivity index (χ0) is 26.6. The lowest BCUT2D eigenvalue weighted by Crippen LogP contribution is -2.42. The number of nitrogens with one attached hydrogen (secondary N) is 2. The Morgan fingerprint density at radius 2 is 1.77 bits per heavy atom. The Morgan fingerprint density at radius 1 is 1.03 bits per heavy atom. The van der Waals surface area contributed by atoms with Gasteiger partial charge in [0.15, 0.2) is 6.23 Å². The highest BCUT2D eigenvalue weighted by molar-refractivity contribution is 6.02. The van der Waals surface area contributed by atoms with Crippen LogP contribution in [0.1, 0.15) is 24.6 Å². The molecule has 10 heteroatoms. The normalized spacial score (nSPS) is 24.4. The number of aromatic nitrogens is 3. The number of halogens is 1. The molecule has 4 aromatic rings. The minimum Gasteiger partial charge on any atom is -0.387 e. The molecule has 3 atom stereocenters. The van der Waals surface area contributed by atoms with E-state index < -0.39 is 24.0 Å². The summed E-state index contributed by atoms with van der Waals surface area (Å²) in [6.45, 7) is 4.97. The summed E-state index contributed by atoms with van der Waals surface area (Å²) in [4.78, 5) is 11.5. The topological polar surface area (TPSA) is 108 Å². The Hall–Kier alpha value is -3.41. The maximum Gasteiger partial charge on any atom is 0.164 e. The van der Waals surface area contributed by atoms with Crippen molar-refractivity contribution in [2.24, 2.45) is 0 Å². The van der Waals surface area contributed by atoms with E-state index in [9.17, 15) is 14.6 Å². The van der Waals surface area contributed by atoms with Gasteiger partial charge in [-0.2, -0.15) is 0 Å². The van der Waals surface area contributed by atoms with Gasteiger partial charge in [-0.05, 0) is 48.2 Å². The summed E-state index contributed by atoms with van der Waals surface area (Å²) in [5, 5.41) is 29.1. The lowest BCUT2D eigenvalue weighted by molar-refractivity contribution is -0.0456. The van der Waals surface area contributed by atoms with Gasteiger partial charge in [0, 0.05) is 50.2 Å². The molecule has 0 unspecified atom stereocenters. The van der Waals surface area contributed by atoms with Gasteiger partial charge in [0.05, 0.1) is 11.0 Å². The van der Waals surface area contributed by atoms with Gasteiger partial charge in [-0.15, -0.1) is 0 Å². The fraction of sp³-hybridized carbons (Fsp3) is 0.379. The third-order valence-corrected chi connectivity index (χ3v) is 8.12. The Labute approximate surface area is 225 Å². The monoisotopic (exact) mass is 530 g/mol. The van der Waals surface area contributed by atoms with E-state index in [1.165, 1.54) is 24.0 Å². The van der Waals surface area contributed by atoms with Crippen LogP contribution < -0.4 is 10.6 Å². The van der Waals surface area contributed by atoms with Crippen LogP contribution in [0.3, 0.4) is 0 Å². The van der Waals surface area contributed by atoms with Gasteiger partial charge >= 0.3 is 0 Å². The first-order valence-electron chi connectivity index (χ1n) is 13.5. The summed E-state index contributed by atoms with van der Waals surface area (Å²) in [5.74, 6) is 0.237. The molecule has 2 saturated heterocycles. The first-order valence-corrected chi connectivity index (χ1v) is 13.5. The van der Waals surface area contributed by atoms with E-state index in [4.69, 9.17) is 4.74 Å². The second-order valence-corrected chi connectivity index (χ2v) is 10.7. The number of ether oxygens (including phenoxy) is 1. The average Bonchev–Trinajstić information content (AvgIpc) is 3.59. The van der Waals surface area contributed by atoms with Crippen molar-refractivity contribution in [1.29, 1.82) is 0 Å². The SMILES string of the molecule is O[C@H]1[C@H](n2cc(-c3ccc(CN4CCNCC4)cc3)c3c(Nc4ccc(F)cc4)ncnc32)OC2(CC2)[C@H]1O. The molecule has 2 aromatic carbocycles. The molecule has 1 saturated carbocycles. The van der Waals surface area contributed by atoms with Crippen LogP contribution in [-0.2, 0) is 11.3 Å². The van der Waals surface area contributed by atoms with E-state index in [2.05, 4.69) is 49.8 Å². The molecule has 39 heavy (non-hydrogen) atoms. The Balaban J connectivity index is 1.29. The van der Waals surface area contributed by atoms with Gasteiger partial charge in [-0.25, -0.2) is 14.4 Å². The van der Waals surface area contributed by atoms with Crippen molar-refractivity contribution in [1.82, 2.24) is 24.8 Å². The van der Waals surface area contributed by atoms with Gasteiger partial charge in [0.1, 0.15) is 35.8 Å². The van der Waals surface area contributed by atoms with Gasteiger partial charge in [0.25, 0.3) is 0 Å². The van der Waals surface area contributed by atoms with Crippen LogP contribution in [0.4, 0.5) is 15.9 Å². The molecule has 4 N–H and O–H groups in total. The first kappa shape index (κ1) is 24.6. The maximum atomic E-state index is 13.5. The first-order chi connectivity index (χ1) is 19.0. The molecule has 0 amide bonds. The second-order valence-electron chi connectivity index (χ2n) is 10.7. The van der Waals surface area contributed by atoms with Crippen LogP contribution in [-0.4, -0.2) is 73.6 Å². The minimum atomic E-state index is -1.08. The number of fused-ring (bicyclic) bond motifs is 1. The number of benzene rings is 2. The van der Waals surface area contributed by atoms with Gasteiger partial charge < -0.3 is 30.2 Å². The lowest BCUT2D eigenvalue weighted by atomic mass is 10.0. The Bertz CT molecular complexity index is 1480. The summed E-state index contributed by atoms with van der Waals surface area (Å²) in [7, 11) is 0. The number of aliphatic hydroxyl groups excluding tert-OH is 2. The molecule has 9 nitrogen and oxygen atoms in total. The molecule has 7 rings (SSSR count). The molecule has 202 valence electrons. The molecule has 2 aliphatic heterocycles. The van der Waals surface area contributed by atoms with Crippen molar-refractivity contribution in [2.45, 2.75) is 43.4 Å². The van der Waals surface area contributed by atoms with Crippen molar-refractivity contribution in [3.8, 4) is 11.1 Å². The Kier molecular flexibility index (Phi) is 6.09. The molecule has 3 fully saturated rings. The zero-order valence-electron chi connectivity index (χ0n) is 21.4. The quantitative estimate of drug-likeness (QED) is 0.301. The van der Waals surface area contributed by atoms with E-state index in [1.807, 2.05) is 6.20 Å². The lowest BCUT2D eigenvalue weighted by Gasteiger charge is -2.27. The standard InChI is InChI=1S/C29H31FN6O3/c30-20-5-7-21(8-6-20)34-26-23-22(19-3-1-18(2-4-19)15-35-13-11-31-12-14-35)16-36(27(23)33-17-32-26)28-24(37)25(38)29(39-28)9-10-29/h1-8,16-17,24-25,28,31,37-38H,9-15H2,(H,32,33,34)/t24-,25+,28-/m1/s1. The summed E-state index contributed by atoms with van der Waals surface area (Å²) in [5.41, 5.74) is 3.64. The molecule has 1 aliphatic carbocycles. The van der Waals surface area contributed by atoms with E-state index >= 15 is 0 Å². The maximum absolute atomic E-state index is 13.5. The molecule has 0 bridgehead atoms. The average molecular weight is 531 g/mol. The highest BCUT2D eigenvalue weighted by Gasteiger charge is 2.62. The molecular formula is C29H31FN6O3. The molecule has 0 radical (unpaired) electrons. The van der Waals surface area contributed by atoms with Crippen LogP contribution in [0, 0.1) is 5.82 Å². The number of anilines is 2. The van der Waals surface area contributed by atoms with Crippen molar-refractivity contribution < 1.29 is 19.3 Å². The summed E-state index contributed by atoms with van der Waals surface area (Å²) < 4.78 is 21.6. The second kappa shape index (κ2) is 9.65. The molecule has 4 heterocycles. The molecular weight excluding hydrogens is 499 g/mol. The largest absolute Gasteiger partial charge is 0.387 e. The van der Waals surface area contributed by atoms with Gasteiger partial charge in [0.2, 0.25) is 0 Å². The smallest absolute Gasteiger partial charge is 0.164 e. The third kappa shape index (κ3) is 4.48. The number of piperazine rings is 1. The van der Waals surface area contributed by atoms with E-state index in [0.717, 1.165) is 49.2 Å². The number of hydrogen-bond acceptors (Lipinski definition) is 8.